The van der Waals surface area contributed by atoms with Gasteiger partial charge in [0, 0.05) is 36.9 Å². The van der Waals surface area contributed by atoms with Gasteiger partial charge >= 0.3 is 5.97 Å². The summed E-state index contributed by atoms with van der Waals surface area (Å²) in [6, 6.07) is 0.0757. The predicted molar refractivity (Wildman–Crippen MR) is 100 cm³/mol. The van der Waals surface area contributed by atoms with Crippen LogP contribution in [0.4, 0.5) is 0 Å². The molecule has 7 rings (SSSR count). The number of carbonyl (C=O) groups is 1. The van der Waals surface area contributed by atoms with Crippen LogP contribution >= 0.6 is 0 Å². The molecule has 3 aliphatic heterocycles. The molecule has 1 spiro atoms. The van der Waals surface area contributed by atoms with Gasteiger partial charge in [0.1, 0.15) is 6.10 Å². The molecular formula is C22H33NO5. The molecule has 9 bridgehead atoms. The van der Waals surface area contributed by atoms with Gasteiger partial charge in [0.2, 0.25) is 0 Å². The number of aliphatic hydroxyl groups is 2. The van der Waals surface area contributed by atoms with E-state index in [-0.39, 0.29) is 52.8 Å². The SMILES string of the molecule is CCN1C[C@]2(C)CC[C@H](OC)[C@@]34C5C[C@@H]6CC[C@@](O)(C5C(=O)O6)[C@H]([C@@H](O)[C@H]23)[C@@H]14. The molecule has 4 aliphatic carbocycles. The van der Waals surface area contributed by atoms with Crippen molar-refractivity contribution in [3.63, 3.8) is 0 Å². The Labute approximate surface area is 166 Å². The Balaban J connectivity index is 1.66. The minimum absolute atomic E-state index is 0.0123. The fourth-order valence-corrected chi connectivity index (χ4v) is 9.64. The normalized spacial score (nSPS) is 61.8. The molecule has 0 aromatic heterocycles. The summed E-state index contributed by atoms with van der Waals surface area (Å²) in [5.74, 6) is -0.969. The minimum atomic E-state index is -1.17. The van der Waals surface area contributed by atoms with Crippen molar-refractivity contribution < 1.29 is 24.5 Å². The van der Waals surface area contributed by atoms with Gasteiger partial charge in [-0.25, -0.2) is 0 Å². The Morgan fingerprint density at radius 3 is 2.82 bits per heavy atom. The van der Waals surface area contributed by atoms with Crippen molar-refractivity contribution >= 4 is 5.97 Å². The highest BCUT2D eigenvalue weighted by molar-refractivity contribution is 5.77. The first kappa shape index (κ1) is 18.1. The Bertz CT molecular complexity index is 730. The number of likely N-dealkylation sites (tertiary alicyclic amines) is 1. The van der Waals surface area contributed by atoms with Crippen LogP contribution in [-0.4, -0.2) is 71.2 Å². The monoisotopic (exact) mass is 391 g/mol. The van der Waals surface area contributed by atoms with Crippen molar-refractivity contribution in [2.45, 2.75) is 75.9 Å². The van der Waals surface area contributed by atoms with Gasteiger partial charge in [0.05, 0.1) is 23.7 Å². The summed E-state index contributed by atoms with van der Waals surface area (Å²) in [5.41, 5.74) is -1.46. The summed E-state index contributed by atoms with van der Waals surface area (Å²) < 4.78 is 11.9. The summed E-state index contributed by atoms with van der Waals surface area (Å²) in [4.78, 5) is 15.6. The number of rotatable bonds is 2. The van der Waals surface area contributed by atoms with Gasteiger partial charge in [-0.3, -0.25) is 9.69 Å². The lowest BCUT2D eigenvalue weighted by Gasteiger charge is -2.69. The first-order valence-corrected chi connectivity index (χ1v) is 11.2. The number of piperidine rings is 1. The summed E-state index contributed by atoms with van der Waals surface area (Å²) >= 11 is 0. The fraction of sp³-hybridized carbons (Fsp3) is 0.955. The Hall–Kier alpha value is -0.690. The number of hydrogen-bond donors (Lipinski definition) is 2. The smallest absolute Gasteiger partial charge is 0.312 e. The van der Waals surface area contributed by atoms with Crippen molar-refractivity contribution in [2.24, 2.45) is 34.5 Å². The van der Waals surface area contributed by atoms with Crippen molar-refractivity contribution in [1.29, 1.82) is 0 Å². The zero-order chi connectivity index (χ0) is 19.6. The van der Waals surface area contributed by atoms with Crippen molar-refractivity contribution in [1.82, 2.24) is 4.90 Å². The van der Waals surface area contributed by atoms with E-state index in [1.54, 1.807) is 7.11 Å². The second-order valence-corrected chi connectivity index (χ2v) is 10.8. The van der Waals surface area contributed by atoms with E-state index in [1.807, 2.05) is 0 Å². The number of nitrogens with zero attached hydrogens (tertiary/aromatic N) is 1. The summed E-state index contributed by atoms with van der Waals surface area (Å²) in [6.45, 7) is 6.38. The van der Waals surface area contributed by atoms with Gasteiger partial charge in [-0.05, 0) is 50.0 Å². The topological polar surface area (TPSA) is 79.2 Å². The minimum Gasteiger partial charge on any atom is -0.462 e. The highest BCUT2D eigenvalue weighted by Gasteiger charge is 2.84. The van der Waals surface area contributed by atoms with E-state index in [0.29, 0.717) is 12.8 Å². The van der Waals surface area contributed by atoms with Crippen LogP contribution in [0, 0.1) is 34.5 Å². The third kappa shape index (κ3) is 1.68. The molecule has 3 saturated heterocycles. The number of fused-ring (bicyclic) bond motifs is 2. The molecule has 7 aliphatic rings. The Kier molecular flexibility index (Phi) is 3.44. The van der Waals surface area contributed by atoms with Gasteiger partial charge in [-0.1, -0.05) is 13.8 Å². The third-order valence-corrected chi connectivity index (χ3v) is 10.1. The van der Waals surface area contributed by atoms with Crippen LogP contribution in [0.25, 0.3) is 0 Å². The maximum absolute atomic E-state index is 13.1. The van der Waals surface area contributed by atoms with E-state index in [1.165, 1.54) is 0 Å². The van der Waals surface area contributed by atoms with E-state index in [4.69, 9.17) is 9.47 Å². The van der Waals surface area contributed by atoms with Gasteiger partial charge in [-0.15, -0.1) is 0 Å². The lowest BCUT2D eigenvalue weighted by atomic mass is 9.42. The zero-order valence-electron chi connectivity index (χ0n) is 17.1. The van der Waals surface area contributed by atoms with Crippen LogP contribution < -0.4 is 0 Å². The van der Waals surface area contributed by atoms with Crippen LogP contribution in [0.2, 0.25) is 0 Å². The van der Waals surface area contributed by atoms with Gasteiger partial charge in [0.25, 0.3) is 0 Å². The van der Waals surface area contributed by atoms with Crippen molar-refractivity contribution in [3.8, 4) is 0 Å². The molecule has 2 N–H and O–H groups in total. The zero-order valence-corrected chi connectivity index (χ0v) is 17.1. The van der Waals surface area contributed by atoms with Crippen LogP contribution in [-0.2, 0) is 14.3 Å². The number of aliphatic hydroxyl groups excluding tert-OH is 1. The molecular weight excluding hydrogens is 358 g/mol. The van der Waals surface area contributed by atoms with Crippen molar-refractivity contribution in [3.05, 3.63) is 0 Å². The number of methoxy groups -OCH3 is 1. The number of hydrogen-bond acceptors (Lipinski definition) is 6. The molecule has 6 heteroatoms. The lowest BCUT2D eigenvalue weighted by Crippen LogP contribution is -2.76. The second kappa shape index (κ2) is 5.32. The molecule has 4 saturated carbocycles. The van der Waals surface area contributed by atoms with E-state index < -0.39 is 17.6 Å². The van der Waals surface area contributed by atoms with E-state index in [9.17, 15) is 15.0 Å². The first-order chi connectivity index (χ1) is 13.3. The third-order valence-electron chi connectivity index (χ3n) is 10.1. The average Bonchev–Trinajstić information content (AvgIpc) is 2.73. The van der Waals surface area contributed by atoms with Gasteiger partial charge < -0.3 is 19.7 Å². The highest BCUT2D eigenvalue weighted by Crippen LogP contribution is 2.77. The highest BCUT2D eigenvalue weighted by atomic mass is 16.5. The summed E-state index contributed by atoms with van der Waals surface area (Å²) in [6.07, 6.45) is 3.38. The average molecular weight is 392 g/mol. The second-order valence-electron chi connectivity index (χ2n) is 10.8. The van der Waals surface area contributed by atoms with Gasteiger partial charge in [0.15, 0.2) is 0 Å². The molecule has 2 unspecified atom stereocenters. The number of ether oxygens (including phenoxy) is 2. The number of carbonyl (C=O) groups excluding carboxylic acids is 1. The standard InChI is InChI=1S/C22H33NO5/c1-4-23-10-20(2)7-6-13(27-3)22-12-9-11-5-8-21(26,14(12)19(25)28-11)15(18(22)23)16(24)17(20)22/h11-18,24,26H,4-10H2,1-3H3/t11-,12?,13-,14?,15+,16+,17+,18+,20-,21+,22-/m0/s1. The molecule has 0 aromatic carbocycles. The molecule has 0 radical (unpaired) electrons. The predicted octanol–water partition coefficient (Wildman–Crippen LogP) is 1.19. The quantitative estimate of drug-likeness (QED) is 0.689. The van der Waals surface area contributed by atoms with E-state index >= 15 is 0 Å². The van der Waals surface area contributed by atoms with Crippen LogP contribution in [0.3, 0.4) is 0 Å². The molecule has 6 nitrogen and oxygen atoms in total. The van der Waals surface area contributed by atoms with E-state index in [2.05, 4.69) is 18.7 Å². The fourth-order valence-electron chi connectivity index (χ4n) is 9.64. The summed E-state index contributed by atoms with van der Waals surface area (Å²) in [5, 5.41) is 23.9. The molecule has 7 fully saturated rings. The van der Waals surface area contributed by atoms with Crippen LogP contribution in [0.5, 0.6) is 0 Å². The number of esters is 1. The largest absolute Gasteiger partial charge is 0.462 e. The van der Waals surface area contributed by atoms with Crippen LogP contribution in [0.15, 0.2) is 0 Å². The summed E-state index contributed by atoms with van der Waals surface area (Å²) in [7, 11) is 1.79. The Morgan fingerprint density at radius 1 is 1.32 bits per heavy atom. The van der Waals surface area contributed by atoms with Crippen molar-refractivity contribution in [2.75, 3.05) is 20.2 Å². The molecule has 28 heavy (non-hydrogen) atoms. The Morgan fingerprint density at radius 2 is 2.11 bits per heavy atom. The first-order valence-electron chi connectivity index (χ1n) is 11.2. The molecule has 3 heterocycles. The molecule has 0 aromatic rings. The van der Waals surface area contributed by atoms with E-state index in [0.717, 1.165) is 32.4 Å². The molecule has 0 amide bonds. The maximum Gasteiger partial charge on any atom is 0.312 e. The van der Waals surface area contributed by atoms with Gasteiger partial charge in [-0.2, -0.15) is 0 Å². The van der Waals surface area contributed by atoms with Crippen LogP contribution in [0.1, 0.15) is 46.0 Å². The molecule has 11 atom stereocenters. The lowest BCUT2D eigenvalue weighted by molar-refractivity contribution is -0.269. The maximum atomic E-state index is 13.1. The molecule has 156 valence electrons.